The van der Waals surface area contributed by atoms with Crippen molar-refractivity contribution in [3.63, 3.8) is 0 Å². The van der Waals surface area contributed by atoms with Crippen molar-refractivity contribution in [1.29, 1.82) is 0 Å². The molecule has 5 heteroatoms. The topological polar surface area (TPSA) is 70.6 Å². The average molecular weight is 216 g/mol. The van der Waals surface area contributed by atoms with Crippen molar-refractivity contribution in [2.45, 2.75) is 24.8 Å². The molecule has 1 saturated carbocycles. The number of nitrogens with one attached hydrogen (secondary N) is 2. The molecule has 0 aliphatic heterocycles. The van der Waals surface area contributed by atoms with Crippen LogP contribution >= 0.6 is 0 Å². The van der Waals surface area contributed by atoms with Gasteiger partial charge in [0, 0.05) is 19.2 Å². The van der Waals surface area contributed by atoms with Gasteiger partial charge in [-0.05, 0) is 19.3 Å². The number of amides is 1. The third kappa shape index (κ3) is 3.77. The molecule has 0 aromatic carbocycles. The zero-order chi connectivity index (χ0) is 11.1. The molecule has 0 radical (unpaired) electrons. The van der Waals surface area contributed by atoms with Crippen LogP contribution in [0, 0.1) is 0 Å². The monoisotopic (exact) mass is 216 g/mol. The Morgan fingerprint density at radius 3 is 2.73 bits per heavy atom. The second kappa shape index (κ2) is 6.05. The average Bonchev–Trinajstić information content (AvgIpc) is 2.17. The molecule has 0 atom stereocenters. The van der Waals surface area contributed by atoms with Crippen LogP contribution in [0.2, 0.25) is 0 Å². The summed E-state index contributed by atoms with van der Waals surface area (Å²) in [6.07, 6.45) is 3.03. The number of hydrogen-bond donors (Lipinski definition) is 3. The summed E-state index contributed by atoms with van der Waals surface area (Å²) >= 11 is 0. The van der Waals surface area contributed by atoms with Gasteiger partial charge in [0.1, 0.15) is 0 Å². The van der Waals surface area contributed by atoms with E-state index < -0.39 is 0 Å². The maximum atomic E-state index is 11.3. The lowest BCUT2D eigenvalue weighted by molar-refractivity contribution is -0.121. The van der Waals surface area contributed by atoms with Crippen LogP contribution in [-0.4, -0.2) is 50.0 Å². The Morgan fingerprint density at radius 2 is 2.27 bits per heavy atom. The number of carbonyl (C=O) groups excluding carboxylic acids is 1. The van der Waals surface area contributed by atoms with Crippen LogP contribution in [0.1, 0.15) is 19.3 Å². The summed E-state index contributed by atoms with van der Waals surface area (Å²) in [5.74, 6) is -0.0493. The first-order chi connectivity index (χ1) is 7.22. The van der Waals surface area contributed by atoms with Gasteiger partial charge < -0.3 is 20.5 Å². The fraction of sp³-hybridized carbons (Fsp3) is 0.900. The molecule has 15 heavy (non-hydrogen) atoms. The van der Waals surface area contributed by atoms with E-state index in [0.29, 0.717) is 13.2 Å². The van der Waals surface area contributed by atoms with Crippen molar-refractivity contribution >= 4 is 5.91 Å². The number of hydrogen-bond acceptors (Lipinski definition) is 4. The number of aliphatic hydroxyl groups excluding tert-OH is 1. The lowest BCUT2D eigenvalue weighted by atomic mass is 9.77. The van der Waals surface area contributed by atoms with Crippen LogP contribution < -0.4 is 10.6 Å². The predicted molar refractivity (Wildman–Crippen MR) is 56.6 cm³/mol. The molecule has 0 bridgehead atoms. The quantitative estimate of drug-likeness (QED) is 0.490. The Morgan fingerprint density at radius 1 is 1.53 bits per heavy atom. The molecule has 0 unspecified atom stereocenters. The van der Waals surface area contributed by atoms with E-state index in [0.717, 1.165) is 19.3 Å². The Labute approximate surface area is 90.2 Å². The van der Waals surface area contributed by atoms with Crippen LogP contribution in [0.15, 0.2) is 0 Å². The first-order valence-electron chi connectivity index (χ1n) is 5.34. The second-order valence-corrected chi connectivity index (χ2v) is 3.99. The standard InChI is InChI=1S/C10H20N2O3/c1-15-6-5-11-9(14)7-12-10(8-13)3-2-4-10/h12-13H,2-8H2,1H3,(H,11,14). The highest BCUT2D eigenvalue weighted by Gasteiger charge is 2.35. The van der Waals surface area contributed by atoms with Gasteiger partial charge >= 0.3 is 0 Å². The molecule has 1 rings (SSSR count). The van der Waals surface area contributed by atoms with Crippen molar-refractivity contribution in [3.8, 4) is 0 Å². The second-order valence-electron chi connectivity index (χ2n) is 3.99. The van der Waals surface area contributed by atoms with Crippen molar-refractivity contribution in [3.05, 3.63) is 0 Å². The predicted octanol–water partition coefficient (Wildman–Crippen LogP) is -0.746. The Kier molecular flexibility index (Phi) is 5.01. The normalized spacial score (nSPS) is 18.3. The van der Waals surface area contributed by atoms with Gasteiger partial charge in [-0.1, -0.05) is 0 Å². The number of aliphatic hydroxyl groups is 1. The molecule has 1 aliphatic carbocycles. The molecule has 3 N–H and O–H groups in total. The van der Waals surface area contributed by atoms with Gasteiger partial charge in [0.05, 0.1) is 19.8 Å². The molecule has 1 amide bonds. The van der Waals surface area contributed by atoms with Gasteiger partial charge in [-0.2, -0.15) is 0 Å². The van der Waals surface area contributed by atoms with Crippen LogP contribution in [0.5, 0.6) is 0 Å². The molecule has 0 aromatic heterocycles. The van der Waals surface area contributed by atoms with Gasteiger partial charge in [-0.25, -0.2) is 0 Å². The van der Waals surface area contributed by atoms with E-state index in [1.165, 1.54) is 0 Å². The summed E-state index contributed by atoms with van der Waals surface area (Å²) in [6.45, 7) is 1.43. The van der Waals surface area contributed by atoms with E-state index in [9.17, 15) is 4.79 Å². The molecule has 88 valence electrons. The molecule has 0 saturated heterocycles. The smallest absolute Gasteiger partial charge is 0.234 e. The number of rotatable bonds is 7. The summed E-state index contributed by atoms with van der Waals surface area (Å²) in [7, 11) is 1.60. The highest BCUT2D eigenvalue weighted by atomic mass is 16.5. The molecule has 0 spiro atoms. The molecule has 0 aromatic rings. The molecule has 0 heterocycles. The lowest BCUT2D eigenvalue weighted by Gasteiger charge is -2.41. The maximum absolute atomic E-state index is 11.3. The lowest BCUT2D eigenvalue weighted by Crippen LogP contribution is -2.56. The highest BCUT2D eigenvalue weighted by molar-refractivity contribution is 5.78. The Hall–Kier alpha value is -0.650. The first kappa shape index (κ1) is 12.4. The fourth-order valence-electron chi connectivity index (χ4n) is 1.62. The van der Waals surface area contributed by atoms with Crippen LogP contribution in [-0.2, 0) is 9.53 Å². The zero-order valence-corrected chi connectivity index (χ0v) is 9.21. The van der Waals surface area contributed by atoms with E-state index in [-0.39, 0.29) is 24.6 Å². The SMILES string of the molecule is COCCNC(=O)CNC1(CO)CCC1. The molecule has 1 aliphatic rings. The summed E-state index contributed by atoms with van der Waals surface area (Å²) < 4.78 is 4.82. The summed E-state index contributed by atoms with van der Waals surface area (Å²) in [5, 5.41) is 15.0. The zero-order valence-electron chi connectivity index (χ0n) is 9.21. The Balaban J connectivity index is 2.10. The van der Waals surface area contributed by atoms with E-state index in [1.807, 2.05) is 0 Å². The van der Waals surface area contributed by atoms with Crippen LogP contribution in [0.25, 0.3) is 0 Å². The maximum Gasteiger partial charge on any atom is 0.234 e. The van der Waals surface area contributed by atoms with Crippen molar-refractivity contribution in [2.75, 3.05) is 33.4 Å². The minimum absolute atomic E-state index is 0.0493. The van der Waals surface area contributed by atoms with Gasteiger partial charge in [-0.3, -0.25) is 4.79 Å². The molecular formula is C10H20N2O3. The third-order valence-electron chi connectivity index (χ3n) is 2.87. The molecule has 1 fully saturated rings. The fourth-order valence-corrected chi connectivity index (χ4v) is 1.62. The van der Waals surface area contributed by atoms with E-state index in [2.05, 4.69) is 10.6 Å². The van der Waals surface area contributed by atoms with E-state index in [4.69, 9.17) is 9.84 Å². The minimum Gasteiger partial charge on any atom is -0.394 e. The number of carbonyl (C=O) groups is 1. The largest absolute Gasteiger partial charge is 0.394 e. The van der Waals surface area contributed by atoms with Crippen molar-refractivity contribution in [2.24, 2.45) is 0 Å². The first-order valence-corrected chi connectivity index (χ1v) is 5.34. The van der Waals surface area contributed by atoms with E-state index in [1.54, 1.807) is 7.11 Å². The minimum atomic E-state index is -0.196. The van der Waals surface area contributed by atoms with Gasteiger partial charge in [0.2, 0.25) is 5.91 Å². The molecular weight excluding hydrogens is 196 g/mol. The van der Waals surface area contributed by atoms with Crippen LogP contribution in [0.4, 0.5) is 0 Å². The van der Waals surface area contributed by atoms with Crippen molar-refractivity contribution in [1.82, 2.24) is 10.6 Å². The molecule has 5 nitrogen and oxygen atoms in total. The number of ether oxygens (including phenoxy) is 1. The van der Waals surface area contributed by atoms with Gasteiger partial charge in [-0.15, -0.1) is 0 Å². The summed E-state index contributed by atoms with van der Waals surface area (Å²) in [4.78, 5) is 11.3. The van der Waals surface area contributed by atoms with Gasteiger partial charge in [0.25, 0.3) is 0 Å². The van der Waals surface area contributed by atoms with Gasteiger partial charge in [0.15, 0.2) is 0 Å². The third-order valence-corrected chi connectivity index (χ3v) is 2.87. The highest BCUT2D eigenvalue weighted by Crippen LogP contribution is 2.30. The van der Waals surface area contributed by atoms with Crippen molar-refractivity contribution < 1.29 is 14.6 Å². The Bertz CT molecular complexity index is 199. The summed E-state index contributed by atoms with van der Waals surface area (Å²) in [6, 6.07) is 0. The summed E-state index contributed by atoms with van der Waals surface area (Å²) in [5.41, 5.74) is -0.196. The van der Waals surface area contributed by atoms with Crippen LogP contribution in [0.3, 0.4) is 0 Å². The van der Waals surface area contributed by atoms with E-state index >= 15 is 0 Å². The number of methoxy groups -OCH3 is 1.